The highest BCUT2D eigenvalue weighted by molar-refractivity contribution is 7.84. The first kappa shape index (κ1) is 23.6. The Kier molecular flexibility index (Phi) is 7.08. The van der Waals surface area contributed by atoms with Crippen LogP contribution >= 0.6 is 0 Å². The second-order valence-corrected chi connectivity index (χ2v) is 9.52. The molecular weight excluding hydrogens is 449 g/mol. The molecular formula is C28H26FNO3S. The number of ether oxygens (including phenoxy) is 1. The molecule has 0 spiro atoms. The van der Waals surface area contributed by atoms with Crippen molar-refractivity contribution in [1.82, 2.24) is 5.32 Å². The summed E-state index contributed by atoms with van der Waals surface area (Å²) >= 11 is 0. The maximum atomic E-state index is 14.1. The molecule has 3 aromatic carbocycles. The van der Waals surface area contributed by atoms with Crippen molar-refractivity contribution < 1.29 is 18.1 Å². The number of carbonyl (C=O) groups excluding carboxylic acids is 1. The molecule has 1 amide bonds. The normalized spacial score (nSPS) is 14.8. The number of halogens is 1. The molecule has 0 saturated heterocycles. The van der Waals surface area contributed by atoms with Crippen LogP contribution in [-0.4, -0.2) is 23.5 Å². The summed E-state index contributed by atoms with van der Waals surface area (Å²) in [6, 6.07) is 19.7. The molecule has 0 aliphatic heterocycles. The Morgan fingerprint density at radius 1 is 1.06 bits per heavy atom. The molecule has 6 heteroatoms. The lowest BCUT2D eigenvalue weighted by molar-refractivity contribution is -0.120. The van der Waals surface area contributed by atoms with E-state index in [4.69, 9.17) is 4.74 Å². The van der Waals surface area contributed by atoms with Crippen molar-refractivity contribution in [1.29, 1.82) is 0 Å². The van der Waals surface area contributed by atoms with Crippen molar-refractivity contribution >= 4 is 33.9 Å². The van der Waals surface area contributed by atoms with Gasteiger partial charge in [0.25, 0.3) is 0 Å². The van der Waals surface area contributed by atoms with Gasteiger partial charge >= 0.3 is 0 Å². The van der Waals surface area contributed by atoms with Gasteiger partial charge in [0.05, 0.1) is 13.5 Å². The van der Waals surface area contributed by atoms with E-state index in [1.165, 1.54) is 12.1 Å². The summed E-state index contributed by atoms with van der Waals surface area (Å²) in [5, 5.41) is 2.95. The average molecular weight is 476 g/mol. The number of rotatable bonds is 7. The number of benzene rings is 3. The van der Waals surface area contributed by atoms with Gasteiger partial charge in [-0.25, -0.2) is 4.39 Å². The number of amides is 1. The van der Waals surface area contributed by atoms with E-state index in [1.54, 1.807) is 19.4 Å². The maximum absolute atomic E-state index is 14.1. The van der Waals surface area contributed by atoms with Crippen LogP contribution in [0.15, 0.2) is 77.2 Å². The zero-order valence-electron chi connectivity index (χ0n) is 19.4. The third-order valence-corrected chi connectivity index (χ3v) is 6.92. The van der Waals surface area contributed by atoms with Gasteiger partial charge in [0, 0.05) is 34.1 Å². The Balaban J connectivity index is 1.60. The Hall–Kier alpha value is -3.51. The van der Waals surface area contributed by atoms with Gasteiger partial charge in [-0.3, -0.25) is 9.00 Å². The SMILES string of the molecule is COc1ccccc1CNC(=O)CC1=C(C)C(=Cc2ccc(S(C)=O)cc2)c2ccc(F)cc21. The van der Waals surface area contributed by atoms with E-state index >= 15 is 0 Å². The molecule has 34 heavy (non-hydrogen) atoms. The molecule has 3 aromatic rings. The third-order valence-electron chi connectivity index (χ3n) is 5.98. The second kappa shape index (κ2) is 10.2. The van der Waals surface area contributed by atoms with E-state index in [0.717, 1.165) is 49.6 Å². The highest BCUT2D eigenvalue weighted by atomic mass is 32.2. The minimum Gasteiger partial charge on any atom is -0.496 e. The molecule has 0 bridgehead atoms. The van der Waals surface area contributed by atoms with E-state index in [0.29, 0.717) is 6.54 Å². The lowest BCUT2D eigenvalue weighted by Gasteiger charge is -2.11. The van der Waals surface area contributed by atoms with Crippen LogP contribution in [0.2, 0.25) is 0 Å². The first-order valence-electron chi connectivity index (χ1n) is 10.9. The molecule has 0 saturated carbocycles. The van der Waals surface area contributed by atoms with Crippen molar-refractivity contribution in [2.45, 2.75) is 24.8 Å². The predicted molar refractivity (Wildman–Crippen MR) is 135 cm³/mol. The Morgan fingerprint density at radius 3 is 2.50 bits per heavy atom. The largest absolute Gasteiger partial charge is 0.496 e. The van der Waals surface area contributed by atoms with Crippen molar-refractivity contribution in [3.05, 3.63) is 100 Å². The first-order chi connectivity index (χ1) is 16.4. The Bertz CT molecular complexity index is 1330. The van der Waals surface area contributed by atoms with Crippen LogP contribution < -0.4 is 10.1 Å². The minimum atomic E-state index is -1.04. The van der Waals surface area contributed by atoms with Crippen molar-refractivity contribution in [3.63, 3.8) is 0 Å². The summed E-state index contributed by atoms with van der Waals surface area (Å²) in [6.07, 6.45) is 3.81. The first-order valence-corrected chi connectivity index (χ1v) is 12.5. The van der Waals surface area contributed by atoms with E-state index < -0.39 is 10.8 Å². The molecule has 1 unspecified atom stereocenters. The summed E-state index contributed by atoms with van der Waals surface area (Å²) in [4.78, 5) is 13.6. The van der Waals surface area contributed by atoms with Crippen molar-refractivity contribution in [3.8, 4) is 5.75 Å². The average Bonchev–Trinajstić information content (AvgIpc) is 3.08. The summed E-state index contributed by atoms with van der Waals surface area (Å²) in [7, 11) is 0.557. The van der Waals surface area contributed by atoms with Crippen LogP contribution in [0.4, 0.5) is 4.39 Å². The van der Waals surface area contributed by atoms with Crippen LogP contribution in [0.1, 0.15) is 35.6 Å². The number of hydrogen-bond donors (Lipinski definition) is 1. The fraction of sp³-hybridized carbons (Fsp3) is 0.179. The van der Waals surface area contributed by atoms with Gasteiger partial charge in [0.2, 0.25) is 5.91 Å². The fourth-order valence-electron chi connectivity index (χ4n) is 4.17. The smallest absolute Gasteiger partial charge is 0.224 e. The third kappa shape index (κ3) is 5.02. The highest BCUT2D eigenvalue weighted by Crippen LogP contribution is 2.43. The van der Waals surface area contributed by atoms with E-state index in [9.17, 15) is 13.4 Å². The maximum Gasteiger partial charge on any atom is 0.224 e. The number of methoxy groups -OCH3 is 1. The number of carbonyl (C=O) groups is 1. The molecule has 0 aromatic heterocycles. The van der Waals surface area contributed by atoms with Crippen LogP contribution in [0, 0.1) is 5.82 Å². The molecule has 0 radical (unpaired) electrons. The summed E-state index contributed by atoms with van der Waals surface area (Å²) in [6.45, 7) is 2.31. The summed E-state index contributed by atoms with van der Waals surface area (Å²) in [5.41, 5.74) is 6.17. The van der Waals surface area contributed by atoms with Gasteiger partial charge in [-0.2, -0.15) is 0 Å². The van der Waals surface area contributed by atoms with Crippen molar-refractivity contribution in [2.24, 2.45) is 0 Å². The van der Waals surface area contributed by atoms with Crippen LogP contribution in [0.3, 0.4) is 0 Å². The Labute approximate surface area is 201 Å². The molecule has 0 fully saturated rings. The lowest BCUT2D eigenvalue weighted by atomic mass is 10.0. The van der Waals surface area contributed by atoms with Crippen molar-refractivity contribution in [2.75, 3.05) is 13.4 Å². The van der Waals surface area contributed by atoms with E-state index in [-0.39, 0.29) is 18.1 Å². The molecule has 1 aliphatic carbocycles. The van der Waals surface area contributed by atoms with Gasteiger partial charge in [-0.15, -0.1) is 0 Å². The van der Waals surface area contributed by atoms with Gasteiger partial charge in [-0.05, 0) is 76.7 Å². The molecule has 4 rings (SSSR count). The molecule has 1 N–H and O–H groups in total. The van der Waals surface area contributed by atoms with Crippen LogP contribution in [0.5, 0.6) is 5.75 Å². The topological polar surface area (TPSA) is 55.4 Å². The molecule has 1 atom stereocenters. The van der Waals surface area contributed by atoms with Gasteiger partial charge in [0.15, 0.2) is 0 Å². The lowest BCUT2D eigenvalue weighted by Crippen LogP contribution is -2.23. The van der Waals surface area contributed by atoms with Crippen LogP contribution in [-0.2, 0) is 22.1 Å². The zero-order chi connectivity index (χ0) is 24.2. The number of nitrogens with one attached hydrogen (secondary N) is 1. The number of fused-ring (bicyclic) bond motifs is 1. The summed E-state index contributed by atoms with van der Waals surface area (Å²) < 4.78 is 31.2. The predicted octanol–water partition coefficient (Wildman–Crippen LogP) is 5.61. The van der Waals surface area contributed by atoms with Gasteiger partial charge < -0.3 is 10.1 Å². The number of hydrogen-bond acceptors (Lipinski definition) is 3. The van der Waals surface area contributed by atoms with Gasteiger partial charge in [-0.1, -0.05) is 36.4 Å². The zero-order valence-corrected chi connectivity index (χ0v) is 20.2. The number of para-hydroxylation sites is 1. The molecule has 1 aliphatic rings. The minimum absolute atomic E-state index is 0.141. The van der Waals surface area contributed by atoms with Gasteiger partial charge in [0.1, 0.15) is 11.6 Å². The quantitative estimate of drug-likeness (QED) is 0.484. The molecule has 174 valence electrons. The highest BCUT2D eigenvalue weighted by Gasteiger charge is 2.25. The van der Waals surface area contributed by atoms with E-state index in [1.807, 2.05) is 61.5 Å². The summed E-state index contributed by atoms with van der Waals surface area (Å²) in [5.74, 6) is 0.232. The molecule has 0 heterocycles. The number of allylic oxidation sites excluding steroid dienone is 2. The standard InChI is InChI=1S/C28H26FNO3S/c1-18-24(14-19-8-11-22(12-9-19)34(3)32)23-13-10-21(29)15-26(23)25(18)16-28(31)30-17-20-6-4-5-7-27(20)33-2/h4-15H,16-17H2,1-3H3,(H,30,31). The molecule has 4 nitrogen and oxygen atoms in total. The van der Waals surface area contributed by atoms with E-state index in [2.05, 4.69) is 5.32 Å². The Morgan fingerprint density at radius 2 is 1.79 bits per heavy atom. The monoisotopic (exact) mass is 475 g/mol. The fourth-order valence-corrected chi connectivity index (χ4v) is 4.69. The van der Waals surface area contributed by atoms with Crippen LogP contribution in [0.25, 0.3) is 17.2 Å². The second-order valence-electron chi connectivity index (χ2n) is 8.14.